The largest absolute Gasteiger partial charge is 0.374 e. The van der Waals surface area contributed by atoms with E-state index in [1.807, 2.05) is 0 Å². The zero-order valence-electron chi connectivity index (χ0n) is 13.3. The van der Waals surface area contributed by atoms with Crippen LogP contribution in [-0.2, 0) is 9.53 Å². The lowest BCUT2D eigenvalue weighted by atomic mass is 9.78. The van der Waals surface area contributed by atoms with Crippen LogP contribution >= 0.6 is 0 Å². The molecule has 1 fully saturated rings. The van der Waals surface area contributed by atoms with Gasteiger partial charge in [-0.25, -0.2) is 0 Å². The van der Waals surface area contributed by atoms with Gasteiger partial charge in [-0.05, 0) is 19.9 Å². The number of ether oxygens (including phenoxy) is 1. The number of nitrogens with one attached hydrogen (secondary N) is 1. The Labute approximate surface area is 123 Å². The maximum Gasteiger partial charge on any atom is 0.227 e. The highest BCUT2D eigenvalue weighted by molar-refractivity contribution is 5.82. The highest BCUT2D eigenvalue weighted by Gasteiger charge is 2.35. The molecule has 3 N–H and O–H groups in total. The first-order chi connectivity index (χ1) is 9.57. The lowest BCUT2D eigenvalue weighted by Crippen LogP contribution is -2.51. The van der Waals surface area contributed by atoms with Gasteiger partial charge in [0.1, 0.15) is 0 Å². The zero-order valence-corrected chi connectivity index (χ0v) is 13.3. The van der Waals surface area contributed by atoms with Crippen molar-refractivity contribution >= 4 is 5.91 Å². The monoisotopic (exact) mass is 285 g/mol. The Morgan fingerprint density at radius 3 is 2.55 bits per heavy atom. The molecular formula is C15H31N3O2. The van der Waals surface area contributed by atoms with Crippen LogP contribution in [-0.4, -0.2) is 56.7 Å². The van der Waals surface area contributed by atoms with Crippen molar-refractivity contribution < 1.29 is 9.53 Å². The zero-order chi connectivity index (χ0) is 15.0. The van der Waals surface area contributed by atoms with E-state index in [0.29, 0.717) is 13.1 Å². The molecule has 1 heterocycles. The van der Waals surface area contributed by atoms with E-state index in [0.717, 1.165) is 45.4 Å². The SMILES string of the molecule is CCCC(CN)(CCC)C(=O)NCC1CN(C)CCO1. The van der Waals surface area contributed by atoms with E-state index < -0.39 is 5.41 Å². The lowest BCUT2D eigenvalue weighted by molar-refractivity contribution is -0.132. The van der Waals surface area contributed by atoms with Crippen LogP contribution in [0.25, 0.3) is 0 Å². The predicted octanol–water partition coefficient (Wildman–Crippen LogP) is 0.979. The molecule has 0 aliphatic carbocycles. The number of hydrogen-bond acceptors (Lipinski definition) is 4. The summed E-state index contributed by atoms with van der Waals surface area (Å²) in [6.07, 6.45) is 3.76. The van der Waals surface area contributed by atoms with Crippen molar-refractivity contribution in [3.05, 3.63) is 0 Å². The first kappa shape index (κ1) is 17.4. The predicted molar refractivity (Wildman–Crippen MR) is 81.6 cm³/mol. The summed E-state index contributed by atoms with van der Waals surface area (Å²) in [4.78, 5) is 14.8. The van der Waals surface area contributed by atoms with Crippen LogP contribution in [0.3, 0.4) is 0 Å². The van der Waals surface area contributed by atoms with Crippen LogP contribution in [0.5, 0.6) is 0 Å². The number of hydrogen-bond donors (Lipinski definition) is 2. The van der Waals surface area contributed by atoms with Gasteiger partial charge in [0.15, 0.2) is 0 Å². The summed E-state index contributed by atoms with van der Waals surface area (Å²) >= 11 is 0. The molecule has 5 nitrogen and oxygen atoms in total. The van der Waals surface area contributed by atoms with E-state index in [4.69, 9.17) is 10.5 Å². The Bertz CT molecular complexity index is 291. The average molecular weight is 285 g/mol. The summed E-state index contributed by atoms with van der Waals surface area (Å²) in [6.45, 7) is 7.78. The molecule has 0 saturated carbocycles. The third-order valence-electron chi connectivity index (χ3n) is 4.16. The summed E-state index contributed by atoms with van der Waals surface area (Å²) in [5, 5.41) is 3.06. The molecule has 1 rings (SSSR count). The van der Waals surface area contributed by atoms with Gasteiger partial charge in [-0.1, -0.05) is 26.7 Å². The second-order valence-electron chi connectivity index (χ2n) is 5.95. The molecule has 0 aromatic heterocycles. The van der Waals surface area contributed by atoms with Crippen molar-refractivity contribution in [2.24, 2.45) is 11.1 Å². The smallest absolute Gasteiger partial charge is 0.227 e. The highest BCUT2D eigenvalue weighted by atomic mass is 16.5. The normalized spacial score (nSPS) is 20.9. The average Bonchev–Trinajstić information content (AvgIpc) is 2.44. The van der Waals surface area contributed by atoms with Gasteiger partial charge >= 0.3 is 0 Å². The molecule has 0 aromatic carbocycles. The number of likely N-dealkylation sites (N-methyl/N-ethyl adjacent to an activating group) is 1. The fourth-order valence-electron chi connectivity index (χ4n) is 2.99. The van der Waals surface area contributed by atoms with Crippen LogP contribution < -0.4 is 11.1 Å². The van der Waals surface area contributed by atoms with Crippen LogP contribution in [0.2, 0.25) is 0 Å². The number of nitrogens with two attached hydrogens (primary N) is 1. The van der Waals surface area contributed by atoms with Gasteiger partial charge in [0, 0.05) is 26.2 Å². The van der Waals surface area contributed by atoms with Crippen LogP contribution in [0.1, 0.15) is 39.5 Å². The van der Waals surface area contributed by atoms with Crippen molar-refractivity contribution in [2.75, 3.05) is 39.8 Å². The van der Waals surface area contributed by atoms with E-state index in [1.54, 1.807) is 0 Å². The number of carbonyl (C=O) groups excluding carboxylic acids is 1. The lowest BCUT2D eigenvalue weighted by Gasteiger charge is -2.33. The fourth-order valence-corrected chi connectivity index (χ4v) is 2.99. The third kappa shape index (κ3) is 4.72. The molecule has 20 heavy (non-hydrogen) atoms. The molecule has 1 unspecified atom stereocenters. The van der Waals surface area contributed by atoms with E-state index in [2.05, 4.69) is 31.1 Å². The molecule has 1 aliphatic rings. The Kier molecular flexibility index (Phi) is 7.48. The van der Waals surface area contributed by atoms with Crippen molar-refractivity contribution in [1.29, 1.82) is 0 Å². The maximum absolute atomic E-state index is 12.5. The highest BCUT2D eigenvalue weighted by Crippen LogP contribution is 2.29. The molecule has 1 atom stereocenters. The molecular weight excluding hydrogens is 254 g/mol. The van der Waals surface area contributed by atoms with Gasteiger partial charge in [-0.2, -0.15) is 0 Å². The van der Waals surface area contributed by atoms with Gasteiger partial charge in [-0.3, -0.25) is 4.79 Å². The molecule has 0 radical (unpaired) electrons. The molecule has 0 bridgehead atoms. The number of amides is 1. The summed E-state index contributed by atoms with van der Waals surface area (Å²) in [7, 11) is 2.08. The molecule has 0 aromatic rings. The summed E-state index contributed by atoms with van der Waals surface area (Å²) < 4.78 is 5.68. The van der Waals surface area contributed by atoms with Gasteiger partial charge in [-0.15, -0.1) is 0 Å². The number of rotatable bonds is 8. The summed E-state index contributed by atoms with van der Waals surface area (Å²) in [5.41, 5.74) is 5.51. The minimum absolute atomic E-state index is 0.0939. The maximum atomic E-state index is 12.5. The number of carbonyl (C=O) groups is 1. The van der Waals surface area contributed by atoms with E-state index in [9.17, 15) is 4.79 Å². The Morgan fingerprint density at radius 1 is 1.40 bits per heavy atom. The molecule has 1 saturated heterocycles. The summed E-state index contributed by atoms with van der Waals surface area (Å²) in [6, 6.07) is 0. The Balaban J connectivity index is 2.52. The van der Waals surface area contributed by atoms with E-state index in [-0.39, 0.29) is 12.0 Å². The topological polar surface area (TPSA) is 67.6 Å². The van der Waals surface area contributed by atoms with E-state index in [1.165, 1.54) is 0 Å². The first-order valence-electron chi connectivity index (χ1n) is 7.86. The number of morpholine rings is 1. The van der Waals surface area contributed by atoms with Crippen LogP contribution in [0.4, 0.5) is 0 Å². The third-order valence-corrected chi connectivity index (χ3v) is 4.16. The number of nitrogens with zero attached hydrogens (tertiary/aromatic N) is 1. The molecule has 0 spiro atoms. The van der Waals surface area contributed by atoms with Gasteiger partial charge < -0.3 is 20.7 Å². The van der Waals surface area contributed by atoms with E-state index >= 15 is 0 Å². The molecule has 5 heteroatoms. The van der Waals surface area contributed by atoms with Crippen molar-refractivity contribution in [2.45, 2.75) is 45.6 Å². The molecule has 118 valence electrons. The second kappa shape index (κ2) is 8.60. The molecule has 1 amide bonds. The van der Waals surface area contributed by atoms with Crippen molar-refractivity contribution in [3.8, 4) is 0 Å². The van der Waals surface area contributed by atoms with Gasteiger partial charge in [0.05, 0.1) is 18.1 Å². The standard InChI is InChI=1S/C15H31N3O2/c1-4-6-15(12-16,7-5-2)14(19)17-10-13-11-18(3)8-9-20-13/h13H,4-12,16H2,1-3H3,(H,17,19). The van der Waals surface area contributed by atoms with Crippen molar-refractivity contribution in [3.63, 3.8) is 0 Å². The minimum atomic E-state index is -0.399. The van der Waals surface area contributed by atoms with Gasteiger partial charge in [0.25, 0.3) is 0 Å². The Hall–Kier alpha value is -0.650. The fraction of sp³-hybridized carbons (Fsp3) is 0.933. The second-order valence-corrected chi connectivity index (χ2v) is 5.95. The quantitative estimate of drug-likeness (QED) is 0.697. The summed E-state index contributed by atoms with van der Waals surface area (Å²) in [5.74, 6) is 0.0977. The van der Waals surface area contributed by atoms with Crippen LogP contribution in [0, 0.1) is 5.41 Å². The minimum Gasteiger partial charge on any atom is -0.374 e. The first-order valence-corrected chi connectivity index (χ1v) is 7.86. The van der Waals surface area contributed by atoms with Gasteiger partial charge in [0.2, 0.25) is 5.91 Å². The molecule has 1 aliphatic heterocycles. The van der Waals surface area contributed by atoms with Crippen LogP contribution in [0.15, 0.2) is 0 Å². The Morgan fingerprint density at radius 2 is 2.05 bits per heavy atom. The van der Waals surface area contributed by atoms with Crippen molar-refractivity contribution in [1.82, 2.24) is 10.2 Å².